The Morgan fingerprint density at radius 1 is 1.02 bits per heavy atom. The van der Waals surface area contributed by atoms with Crippen molar-refractivity contribution in [1.29, 1.82) is 0 Å². The number of esters is 1. The second-order valence-electron chi connectivity index (χ2n) is 18.4. The lowest BCUT2D eigenvalue weighted by atomic mass is 9.34. The van der Waals surface area contributed by atoms with Crippen molar-refractivity contribution < 1.29 is 29.0 Å². The van der Waals surface area contributed by atoms with E-state index in [-0.39, 0.29) is 57.7 Å². The second kappa shape index (κ2) is 11.5. The quantitative estimate of drug-likeness (QED) is 0.221. The first-order chi connectivity index (χ1) is 22.2. The van der Waals surface area contributed by atoms with Gasteiger partial charge < -0.3 is 15.2 Å². The Kier molecular flexibility index (Phi) is 8.49. The summed E-state index contributed by atoms with van der Waals surface area (Å²) in [5, 5.41) is 15.0. The normalized spacial score (nSPS) is 38.8. The van der Waals surface area contributed by atoms with E-state index in [9.17, 15) is 24.3 Å². The van der Waals surface area contributed by atoms with Gasteiger partial charge in [0.1, 0.15) is 11.9 Å². The van der Waals surface area contributed by atoms with Gasteiger partial charge in [-0.05, 0) is 116 Å². The van der Waals surface area contributed by atoms with Gasteiger partial charge in [-0.15, -0.1) is 11.3 Å². The Hall–Kier alpha value is -2.48. The highest BCUT2D eigenvalue weighted by Crippen LogP contribution is 2.75. The number of ketones is 1. The third-order valence-electron chi connectivity index (χ3n) is 14.8. The molecule has 4 saturated carbocycles. The molecule has 0 aliphatic heterocycles. The minimum absolute atomic E-state index is 0.0288. The Bertz CT molecular complexity index is 1540. The molecule has 0 spiro atoms. The summed E-state index contributed by atoms with van der Waals surface area (Å²) in [5.41, 5.74) is 0.692. The molecular weight excluding hydrogens is 623 g/mol. The molecule has 48 heavy (non-hydrogen) atoms. The summed E-state index contributed by atoms with van der Waals surface area (Å²) in [5.74, 6) is -0.364. The van der Waals surface area contributed by atoms with Gasteiger partial charge in [0, 0.05) is 17.8 Å². The van der Waals surface area contributed by atoms with E-state index < -0.39 is 22.9 Å². The molecule has 1 amide bonds. The predicted molar refractivity (Wildman–Crippen MR) is 187 cm³/mol. The number of aliphatic carboxylic acids is 1. The lowest BCUT2D eigenvalue weighted by Gasteiger charge is -2.70. The van der Waals surface area contributed by atoms with Crippen LogP contribution in [0.25, 0.3) is 0 Å². The molecule has 1 aromatic rings. The molecule has 8 heteroatoms. The molecule has 8 atom stereocenters. The van der Waals surface area contributed by atoms with Gasteiger partial charge >= 0.3 is 11.9 Å². The molecule has 0 aromatic carbocycles. The standard InChI is InChI=1S/C40H57NO6S/c1-23(2)31-25(42)21-40(41-33(44)26-11-10-20-48-26)19-18-38(8)24(32(31)40)12-13-28-37(7)16-15-29(47-30(43)22-35(3,4)34(45)46)36(5,6)27(37)14-17-39(28,38)9/h10-11,20,23,27-29,31H,12-19,21-22H2,1-9H3,(H,41,44)(H,45,46)/t27-,28+,29-,31?,37-,38+,39+,40+/m0/s1. The van der Waals surface area contributed by atoms with Gasteiger partial charge in [-0.2, -0.15) is 0 Å². The molecule has 1 unspecified atom stereocenters. The van der Waals surface area contributed by atoms with Gasteiger partial charge in [0.2, 0.25) is 0 Å². The minimum atomic E-state index is -1.16. The first kappa shape index (κ1) is 35.3. The lowest BCUT2D eigenvalue weighted by molar-refractivity contribution is -0.214. The van der Waals surface area contributed by atoms with Crippen molar-refractivity contribution >= 4 is 35.0 Å². The van der Waals surface area contributed by atoms with Crippen LogP contribution in [-0.4, -0.2) is 40.4 Å². The molecule has 4 fully saturated rings. The number of ether oxygens (including phenoxy) is 1. The number of nitrogens with one attached hydrogen (secondary N) is 1. The lowest BCUT2D eigenvalue weighted by Crippen LogP contribution is -2.65. The van der Waals surface area contributed by atoms with Gasteiger partial charge in [-0.3, -0.25) is 19.2 Å². The zero-order chi connectivity index (χ0) is 35.2. The van der Waals surface area contributed by atoms with Crippen LogP contribution in [0.5, 0.6) is 0 Å². The van der Waals surface area contributed by atoms with Gasteiger partial charge in [0.15, 0.2) is 0 Å². The monoisotopic (exact) mass is 679 g/mol. The number of carbonyl (C=O) groups is 4. The fraction of sp³-hybridized carbons (Fsp3) is 0.750. The molecule has 5 aliphatic carbocycles. The average Bonchev–Trinajstić information content (AvgIpc) is 3.61. The van der Waals surface area contributed by atoms with Gasteiger partial charge in [-0.1, -0.05) is 60.1 Å². The fourth-order valence-corrected chi connectivity index (χ4v) is 12.8. The highest BCUT2D eigenvalue weighted by Gasteiger charge is 2.69. The van der Waals surface area contributed by atoms with Gasteiger partial charge in [0.25, 0.3) is 5.91 Å². The van der Waals surface area contributed by atoms with E-state index in [0.29, 0.717) is 23.1 Å². The minimum Gasteiger partial charge on any atom is -0.481 e. The Morgan fingerprint density at radius 2 is 1.73 bits per heavy atom. The number of allylic oxidation sites excluding steroid dienone is 1. The van der Waals surface area contributed by atoms with Crippen molar-refractivity contribution in [3.8, 4) is 0 Å². The van der Waals surface area contributed by atoms with E-state index in [4.69, 9.17) is 4.74 Å². The predicted octanol–water partition coefficient (Wildman–Crippen LogP) is 8.62. The number of carboxylic acids is 1. The van der Waals surface area contributed by atoms with Crippen LogP contribution in [0.4, 0.5) is 0 Å². The van der Waals surface area contributed by atoms with E-state index >= 15 is 0 Å². The first-order valence-electron chi connectivity index (χ1n) is 18.3. The summed E-state index contributed by atoms with van der Waals surface area (Å²) in [6.45, 7) is 19.5. The molecule has 0 saturated heterocycles. The molecule has 6 rings (SSSR count). The number of fused-ring (bicyclic) bond motifs is 6. The van der Waals surface area contributed by atoms with Crippen LogP contribution in [0.2, 0.25) is 0 Å². The van der Waals surface area contributed by atoms with Crippen LogP contribution in [0.1, 0.15) is 136 Å². The van der Waals surface area contributed by atoms with Crippen LogP contribution in [-0.2, 0) is 19.1 Å². The van der Waals surface area contributed by atoms with Crippen molar-refractivity contribution in [3.63, 3.8) is 0 Å². The number of carboxylic acid groups (broad SMARTS) is 1. The second-order valence-corrected chi connectivity index (χ2v) is 19.4. The van der Waals surface area contributed by atoms with E-state index in [1.54, 1.807) is 13.8 Å². The fourth-order valence-electron chi connectivity index (χ4n) is 12.2. The molecule has 0 radical (unpaired) electrons. The molecule has 0 bridgehead atoms. The van der Waals surface area contributed by atoms with Crippen LogP contribution < -0.4 is 5.32 Å². The molecule has 5 aliphatic rings. The molecule has 264 valence electrons. The maximum atomic E-state index is 13.9. The zero-order valence-electron chi connectivity index (χ0n) is 30.6. The van der Waals surface area contributed by atoms with Crippen LogP contribution >= 0.6 is 11.3 Å². The highest BCUT2D eigenvalue weighted by atomic mass is 32.1. The third kappa shape index (κ3) is 5.07. The van der Waals surface area contributed by atoms with Crippen molar-refractivity contribution in [2.75, 3.05) is 0 Å². The van der Waals surface area contributed by atoms with E-state index in [2.05, 4.69) is 53.8 Å². The SMILES string of the molecule is CC(C)C1C(=O)C[C@]2(NC(=O)c3cccs3)CC[C@]3(C)C(=C12)CC[C@@H]1[C@@]2(C)CC[C@H](OC(=O)CC(C)(C)C(=O)O)C(C)(C)[C@@H]2CC[C@]13C. The third-order valence-corrected chi connectivity index (χ3v) is 15.7. The first-order valence-corrected chi connectivity index (χ1v) is 19.2. The largest absolute Gasteiger partial charge is 0.481 e. The average molecular weight is 680 g/mol. The Morgan fingerprint density at radius 3 is 2.35 bits per heavy atom. The number of hydrogen-bond donors (Lipinski definition) is 2. The smallest absolute Gasteiger partial charge is 0.309 e. The van der Waals surface area contributed by atoms with Crippen molar-refractivity contribution in [3.05, 3.63) is 33.5 Å². The molecule has 7 nitrogen and oxygen atoms in total. The van der Waals surface area contributed by atoms with Crippen LogP contribution in [0.15, 0.2) is 28.7 Å². The number of hydrogen-bond acceptors (Lipinski definition) is 6. The summed E-state index contributed by atoms with van der Waals surface area (Å²) < 4.78 is 6.14. The molecule has 1 aromatic heterocycles. The Balaban J connectivity index is 1.33. The molecule has 1 heterocycles. The van der Waals surface area contributed by atoms with Gasteiger partial charge in [-0.25, -0.2) is 0 Å². The van der Waals surface area contributed by atoms with Crippen LogP contribution in [0, 0.1) is 50.7 Å². The summed E-state index contributed by atoms with van der Waals surface area (Å²) in [6, 6.07) is 3.77. The summed E-state index contributed by atoms with van der Waals surface area (Å²) in [7, 11) is 0. The summed E-state index contributed by atoms with van der Waals surface area (Å²) in [6.07, 6.45) is 7.60. The van der Waals surface area contributed by atoms with Gasteiger partial charge in [0.05, 0.1) is 22.3 Å². The van der Waals surface area contributed by atoms with Crippen LogP contribution in [0.3, 0.4) is 0 Å². The number of carbonyl (C=O) groups excluding carboxylic acids is 3. The van der Waals surface area contributed by atoms with Crippen molar-refractivity contribution in [1.82, 2.24) is 5.32 Å². The van der Waals surface area contributed by atoms with Crippen molar-refractivity contribution in [2.45, 2.75) is 138 Å². The topological polar surface area (TPSA) is 110 Å². The van der Waals surface area contributed by atoms with E-state index in [1.807, 2.05) is 17.5 Å². The number of rotatable bonds is 7. The van der Waals surface area contributed by atoms with Crippen molar-refractivity contribution in [2.24, 2.45) is 50.7 Å². The highest BCUT2D eigenvalue weighted by molar-refractivity contribution is 7.12. The molecule has 2 N–H and O–H groups in total. The zero-order valence-corrected chi connectivity index (χ0v) is 31.4. The number of amides is 1. The van der Waals surface area contributed by atoms with E-state index in [0.717, 1.165) is 51.4 Å². The van der Waals surface area contributed by atoms with E-state index in [1.165, 1.54) is 22.5 Å². The maximum Gasteiger partial charge on any atom is 0.309 e. The summed E-state index contributed by atoms with van der Waals surface area (Å²) in [4.78, 5) is 52.9. The summed E-state index contributed by atoms with van der Waals surface area (Å²) >= 11 is 1.45. The number of thiophene rings is 1. The Labute approximate surface area is 291 Å². The molecular formula is C40H57NO6S. The maximum absolute atomic E-state index is 13.9. The number of Topliss-reactive ketones (excluding diaryl/α,β-unsaturated/α-hetero) is 1.